The number of ether oxygens (including phenoxy) is 1. The third-order valence-corrected chi connectivity index (χ3v) is 4.40. The van der Waals surface area contributed by atoms with Gasteiger partial charge in [0.15, 0.2) is 0 Å². The Morgan fingerprint density at radius 1 is 1.48 bits per heavy atom. The van der Waals surface area contributed by atoms with Crippen molar-refractivity contribution in [2.45, 2.75) is 44.8 Å². The molecular formula is C16H24N2O3. The number of hydrogen-bond acceptors (Lipinski definition) is 4. The third kappa shape index (κ3) is 3.86. The highest BCUT2D eigenvalue weighted by Gasteiger charge is 2.36. The molecule has 1 aliphatic heterocycles. The van der Waals surface area contributed by atoms with E-state index in [0.717, 1.165) is 43.4 Å². The average Bonchev–Trinajstić information content (AvgIpc) is 2.84. The Labute approximate surface area is 125 Å². The van der Waals surface area contributed by atoms with Crippen molar-refractivity contribution in [3.63, 3.8) is 0 Å². The molecule has 3 atom stereocenters. The van der Waals surface area contributed by atoms with Crippen LogP contribution in [0.2, 0.25) is 0 Å². The smallest absolute Gasteiger partial charge is 0.231 e. The van der Waals surface area contributed by atoms with E-state index >= 15 is 0 Å². The SMILES string of the molecule is C[C@@H]1C[C@@H]1c1ccc(CN(CC(N)=O)C[C@H]2CCCO2)o1. The molecule has 1 saturated carbocycles. The van der Waals surface area contributed by atoms with E-state index in [0.29, 0.717) is 12.5 Å². The molecule has 2 heterocycles. The van der Waals surface area contributed by atoms with Crippen LogP contribution in [0, 0.1) is 5.92 Å². The highest BCUT2D eigenvalue weighted by Crippen LogP contribution is 2.47. The molecule has 0 bridgehead atoms. The van der Waals surface area contributed by atoms with Gasteiger partial charge < -0.3 is 14.9 Å². The number of primary amides is 1. The van der Waals surface area contributed by atoms with Crippen LogP contribution in [0.25, 0.3) is 0 Å². The van der Waals surface area contributed by atoms with Gasteiger partial charge in [0, 0.05) is 19.1 Å². The molecule has 5 nitrogen and oxygen atoms in total. The van der Waals surface area contributed by atoms with Gasteiger partial charge in [-0.3, -0.25) is 9.69 Å². The maximum absolute atomic E-state index is 11.2. The molecule has 5 heteroatoms. The van der Waals surface area contributed by atoms with Gasteiger partial charge in [0.2, 0.25) is 5.91 Å². The van der Waals surface area contributed by atoms with Crippen LogP contribution in [0.3, 0.4) is 0 Å². The normalized spacial score (nSPS) is 28.2. The molecule has 1 aromatic heterocycles. The fourth-order valence-electron chi connectivity index (χ4n) is 3.10. The van der Waals surface area contributed by atoms with Crippen molar-refractivity contribution in [2.75, 3.05) is 19.7 Å². The Morgan fingerprint density at radius 2 is 2.29 bits per heavy atom. The van der Waals surface area contributed by atoms with Crippen LogP contribution in [0.1, 0.15) is 43.6 Å². The van der Waals surface area contributed by atoms with Crippen LogP contribution in [-0.2, 0) is 16.1 Å². The molecule has 0 aromatic carbocycles. The van der Waals surface area contributed by atoms with E-state index in [1.807, 2.05) is 11.0 Å². The molecule has 0 radical (unpaired) electrons. The fourth-order valence-corrected chi connectivity index (χ4v) is 3.10. The lowest BCUT2D eigenvalue weighted by atomic mass is 10.2. The summed E-state index contributed by atoms with van der Waals surface area (Å²) in [5.74, 6) is 2.99. The molecule has 3 rings (SSSR count). The van der Waals surface area contributed by atoms with Crippen LogP contribution in [0.15, 0.2) is 16.5 Å². The van der Waals surface area contributed by atoms with Gasteiger partial charge in [-0.25, -0.2) is 0 Å². The van der Waals surface area contributed by atoms with Gasteiger partial charge in [-0.1, -0.05) is 6.92 Å². The minimum Gasteiger partial charge on any atom is -0.464 e. The second-order valence-electron chi connectivity index (χ2n) is 6.39. The largest absolute Gasteiger partial charge is 0.464 e. The van der Waals surface area contributed by atoms with E-state index in [1.54, 1.807) is 0 Å². The predicted molar refractivity (Wildman–Crippen MR) is 78.7 cm³/mol. The molecular weight excluding hydrogens is 268 g/mol. The van der Waals surface area contributed by atoms with Crippen LogP contribution >= 0.6 is 0 Å². The van der Waals surface area contributed by atoms with Gasteiger partial charge in [-0.15, -0.1) is 0 Å². The molecule has 1 aliphatic carbocycles. The van der Waals surface area contributed by atoms with Crippen molar-refractivity contribution in [3.05, 3.63) is 23.7 Å². The molecule has 2 N–H and O–H groups in total. The second-order valence-corrected chi connectivity index (χ2v) is 6.39. The third-order valence-electron chi connectivity index (χ3n) is 4.40. The summed E-state index contributed by atoms with van der Waals surface area (Å²) in [6.07, 6.45) is 3.58. The molecule has 0 spiro atoms. The number of carbonyl (C=O) groups excluding carboxylic acids is 1. The number of hydrogen-bond donors (Lipinski definition) is 1. The molecule has 1 saturated heterocycles. The van der Waals surface area contributed by atoms with Crippen molar-refractivity contribution in [1.82, 2.24) is 4.90 Å². The minimum atomic E-state index is -0.310. The number of carbonyl (C=O) groups is 1. The summed E-state index contributed by atoms with van der Waals surface area (Å²) < 4.78 is 11.6. The van der Waals surface area contributed by atoms with Gasteiger partial charge in [0.05, 0.1) is 19.2 Å². The number of nitrogens with zero attached hydrogens (tertiary/aromatic N) is 1. The number of nitrogens with two attached hydrogens (primary N) is 1. The minimum absolute atomic E-state index is 0.210. The lowest BCUT2D eigenvalue weighted by Crippen LogP contribution is -2.38. The van der Waals surface area contributed by atoms with Gasteiger partial charge in [-0.2, -0.15) is 0 Å². The zero-order valence-corrected chi connectivity index (χ0v) is 12.6. The first-order valence-corrected chi connectivity index (χ1v) is 7.82. The van der Waals surface area contributed by atoms with E-state index in [1.165, 1.54) is 6.42 Å². The Balaban J connectivity index is 1.59. The second kappa shape index (κ2) is 6.20. The van der Waals surface area contributed by atoms with Crippen LogP contribution < -0.4 is 5.73 Å². The monoisotopic (exact) mass is 292 g/mol. The highest BCUT2D eigenvalue weighted by atomic mass is 16.5. The summed E-state index contributed by atoms with van der Waals surface area (Å²) in [5.41, 5.74) is 5.35. The molecule has 2 fully saturated rings. The summed E-state index contributed by atoms with van der Waals surface area (Å²) >= 11 is 0. The fraction of sp³-hybridized carbons (Fsp3) is 0.688. The molecule has 2 aliphatic rings. The summed E-state index contributed by atoms with van der Waals surface area (Å²) in [6, 6.07) is 4.09. The molecule has 1 aromatic rings. The summed E-state index contributed by atoms with van der Waals surface area (Å²) in [7, 11) is 0. The van der Waals surface area contributed by atoms with Crippen molar-refractivity contribution in [2.24, 2.45) is 11.7 Å². The lowest BCUT2D eigenvalue weighted by molar-refractivity contribution is -0.119. The number of rotatable bonds is 7. The maximum Gasteiger partial charge on any atom is 0.231 e. The van der Waals surface area contributed by atoms with E-state index in [9.17, 15) is 4.79 Å². The molecule has 21 heavy (non-hydrogen) atoms. The molecule has 0 unspecified atom stereocenters. The quantitative estimate of drug-likeness (QED) is 0.833. The summed E-state index contributed by atoms with van der Waals surface area (Å²) in [6.45, 7) is 4.65. The van der Waals surface area contributed by atoms with E-state index in [4.69, 9.17) is 14.9 Å². The average molecular weight is 292 g/mol. The van der Waals surface area contributed by atoms with Crippen molar-refractivity contribution >= 4 is 5.91 Å². The first kappa shape index (κ1) is 14.6. The topological polar surface area (TPSA) is 68.7 Å². The van der Waals surface area contributed by atoms with Gasteiger partial charge in [0.25, 0.3) is 0 Å². The number of amides is 1. The van der Waals surface area contributed by atoms with Crippen molar-refractivity contribution in [3.8, 4) is 0 Å². The Kier molecular flexibility index (Phi) is 4.31. The van der Waals surface area contributed by atoms with Gasteiger partial charge >= 0.3 is 0 Å². The molecule has 116 valence electrons. The summed E-state index contributed by atoms with van der Waals surface area (Å²) in [5, 5.41) is 0. The first-order chi connectivity index (χ1) is 10.1. The van der Waals surface area contributed by atoms with E-state index in [2.05, 4.69) is 13.0 Å². The van der Waals surface area contributed by atoms with Gasteiger partial charge in [0.1, 0.15) is 11.5 Å². The van der Waals surface area contributed by atoms with E-state index in [-0.39, 0.29) is 18.6 Å². The Morgan fingerprint density at radius 3 is 2.90 bits per heavy atom. The Bertz CT molecular complexity index is 493. The first-order valence-electron chi connectivity index (χ1n) is 7.82. The predicted octanol–water partition coefficient (Wildman–Crippen LogP) is 1.87. The zero-order valence-electron chi connectivity index (χ0n) is 12.6. The van der Waals surface area contributed by atoms with Gasteiger partial charge in [-0.05, 0) is 37.3 Å². The number of furan rings is 1. The zero-order chi connectivity index (χ0) is 14.8. The van der Waals surface area contributed by atoms with E-state index < -0.39 is 0 Å². The van der Waals surface area contributed by atoms with Crippen LogP contribution in [0.5, 0.6) is 0 Å². The highest BCUT2D eigenvalue weighted by molar-refractivity contribution is 5.75. The van der Waals surface area contributed by atoms with Crippen molar-refractivity contribution in [1.29, 1.82) is 0 Å². The Hall–Kier alpha value is -1.33. The summed E-state index contributed by atoms with van der Waals surface area (Å²) in [4.78, 5) is 13.3. The van der Waals surface area contributed by atoms with Crippen molar-refractivity contribution < 1.29 is 13.9 Å². The van der Waals surface area contributed by atoms with Crippen LogP contribution in [0.4, 0.5) is 0 Å². The van der Waals surface area contributed by atoms with Crippen LogP contribution in [-0.4, -0.2) is 36.6 Å². The molecule has 1 amide bonds. The maximum atomic E-state index is 11.2. The standard InChI is InChI=1S/C16H24N2O3/c1-11-7-14(11)15-5-4-13(21-15)9-18(10-16(17)19)8-12-3-2-6-20-12/h4-5,11-12,14H,2-3,6-10H2,1H3,(H2,17,19)/t11-,12-,14+/m1/s1. The lowest BCUT2D eigenvalue weighted by Gasteiger charge is -2.22.